The average molecular weight is 188 g/mol. The maximum Gasteiger partial charge on any atom is 0.0461 e. The Morgan fingerprint density at radius 2 is 1.08 bits per heavy atom. The van der Waals surface area contributed by atoms with Gasteiger partial charge in [0.2, 0.25) is 0 Å². The minimum absolute atomic E-state index is 0.237. The molecule has 0 rings (SSSR count). The third-order valence-electron chi connectivity index (χ3n) is 2.96. The molecule has 0 aromatic rings. The molecule has 2 heteroatoms. The first kappa shape index (κ1) is 12.9. The van der Waals surface area contributed by atoms with Crippen molar-refractivity contribution in [2.75, 3.05) is 13.2 Å². The molecule has 0 aromatic carbocycles. The fourth-order valence-corrected chi connectivity index (χ4v) is 1.50. The predicted molar refractivity (Wildman–Crippen MR) is 55.4 cm³/mol. The van der Waals surface area contributed by atoms with E-state index in [2.05, 4.69) is 27.7 Å². The minimum Gasteiger partial charge on any atom is -0.396 e. The van der Waals surface area contributed by atoms with Crippen molar-refractivity contribution < 1.29 is 10.2 Å². The Morgan fingerprint density at radius 3 is 1.23 bits per heavy atom. The predicted octanol–water partition coefficient (Wildman–Crippen LogP) is 1.91. The Hall–Kier alpha value is -0.0800. The van der Waals surface area contributed by atoms with E-state index in [1.165, 1.54) is 0 Å². The Labute approximate surface area is 82.0 Å². The highest BCUT2D eigenvalue weighted by molar-refractivity contribution is 4.70. The molecular weight excluding hydrogens is 164 g/mol. The molecule has 13 heavy (non-hydrogen) atoms. The highest BCUT2D eigenvalue weighted by Crippen LogP contribution is 2.24. The van der Waals surface area contributed by atoms with Crippen LogP contribution in [0.2, 0.25) is 0 Å². The Kier molecular flexibility index (Phi) is 6.35. The Bertz CT molecular complexity index is 107. The highest BCUT2D eigenvalue weighted by Gasteiger charge is 2.20. The van der Waals surface area contributed by atoms with Gasteiger partial charge in [0.25, 0.3) is 0 Å². The summed E-state index contributed by atoms with van der Waals surface area (Å²) in [7, 11) is 0. The fourth-order valence-electron chi connectivity index (χ4n) is 1.50. The minimum atomic E-state index is 0.237. The second-order valence-corrected chi connectivity index (χ2v) is 4.61. The summed E-state index contributed by atoms with van der Waals surface area (Å²) in [6.07, 6.45) is 0.933. The zero-order valence-corrected chi connectivity index (χ0v) is 9.33. The van der Waals surface area contributed by atoms with Crippen LogP contribution in [0.4, 0.5) is 0 Å². The van der Waals surface area contributed by atoms with E-state index in [9.17, 15) is 0 Å². The fraction of sp³-hybridized carbons (Fsp3) is 1.00. The van der Waals surface area contributed by atoms with E-state index in [1.807, 2.05) is 0 Å². The number of aliphatic hydroxyl groups excluding tert-OH is 2. The molecule has 0 aliphatic carbocycles. The van der Waals surface area contributed by atoms with Crippen LogP contribution in [0.3, 0.4) is 0 Å². The second-order valence-electron chi connectivity index (χ2n) is 4.61. The zero-order valence-electron chi connectivity index (χ0n) is 9.33. The van der Waals surface area contributed by atoms with E-state index in [4.69, 9.17) is 10.2 Å². The maximum absolute atomic E-state index is 9.14. The van der Waals surface area contributed by atoms with Crippen molar-refractivity contribution in [1.82, 2.24) is 0 Å². The topological polar surface area (TPSA) is 40.5 Å². The van der Waals surface area contributed by atoms with Crippen LogP contribution >= 0.6 is 0 Å². The van der Waals surface area contributed by atoms with Gasteiger partial charge < -0.3 is 10.2 Å². The quantitative estimate of drug-likeness (QED) is 0.668. The lowest BCUT2D eigenvalue weighted by molar-refractivity contribution is 0.114. The van der Waals surface area contributed by atoms with Crippen LogP contribution in [-0.2, 0) is 0 Å². The van der Waals surface area contributed by atoms with Gasteiger partial charge in [0, 0.05) is 13.2 Å². The lowest BCUT2D eigenvalue weighted by Crippen LogP contribution is -2.23. The second kappa shape index (κ2) is 6.39. The number of rotatable bonds is 6. The van der Waals surface area contributed by atoms with Crippen molar-refractivity contribution in [2.24, 2.45) is 23.7 Å². The zero-order chi connectivity index (χ0) is 10.4. The van der Waals surface area contributed by atoms with Crippen LogP contribution in [0.5, 0.6) is 0 Å². The van der Waals surface area contributed by atoms with Crippen LogP contribution in [0.25, 0.3) is 0 Å². The van der Waals surface area contributed by atoms with Gasteiger partial charge in [0.1, 0.15) is 0 Å². The largest absolute Gasteiger partial charge is 0.396 e. The third kappa shape index (κ3) is 4.63. The van der Waals surface area contributed by atoms with Gasteiger partial charge in [0.05, 0.1) is 0 Å². The summed E-state index contributed by atoms with van der Waals surface area (Å²) in [5.74, 6) is 1.66. The van der Waals surface area contributed by atoms with Crippen LogP contribution < -0.4 is 0 Å². The molecule has 0 aliphatic heterocycles. The standard InChI is InChI=1S/C11H24O2/c1-8(2)10(6-12)5-11(7-13)9(3)4/h8-13H,5-7H2,1-4H3. The van der Waals surface area contributed by atoms with Crippen LogP contribution in [0, 0.1) is 23.7 Å². The molecule has 2 nitrogen and oxygen atoms in total. The molecule has 0 fully saturated rings. The van der Waals surface area contributed by atoms with Gasteiger partial charge >= 0.3 is 0 Å². The van der Waals surface area contributed by atoms with Gasteiger partial charge in [-0.2, -0.15) is 0 Å². The van der Waals surface area contributed by atoms with Crippen molar-refractivity contribution in [2.45, 2.75) is 34.1 Å². The normalized spacial score (nSPS) is 16.6. The summed E-state index contributed by atoms with van der Waals surface area (Å²) in [6.45, 7) is 8.96. The van der Waals surface area contributed by atoms with Crippen molar-refractivity contribution >= 4 is 0 Å². The molecule has 80 valence electrons. The van der Waals surface area contributed by atoms with Gasteiger partial charge in [0.15, 0.2) is 0 Å². The first-order valence-electron chi connectivity index (χ1n) is 5.24. The van der Waals surface area contributed by atoms with E-state index in [-0.39, 0.29) is 13.2 Å². The van der Waals surface area contributed by atoms with Gasteiger partial charge in [-0.05, 0) is 30.1 Å². The molecule has 0 bridgehead atoms. The third-order valence-corrected chi connectivity index (χ3v) is 2.96. The molecule has 2 unspecified atom stereocenters. The van der Waals surface area contributed by atoms with E-state index in [1.54, 1.807) is 0 Å². The van der Waals surface area contributed by atoms with E-state index < -0.39 is 0 Å². The molecule has 0 aliphatic rings. The summed E-state index contributed by atoms with van der Waals surface area (Å²) in [6, 6.07) is 0. The van der Waals surface area contributed by atoms with Crippen molar-refractivity contribution in [3.8, 4) is 0 Å². The van der Waals surface area contributed by atoms with Crippen molar-refractivity contribution in [3.63, 3.8) is 0 Å². The smallest absolute Gasteiger partial charge is 0.0461 e. The Balaban J connectivity index is 4.03. The molecule has 0 aromatic heterocycles. The van der Waals surface area contributed by atoms with Gasteiger partial charge in [-0.3, -0.25) is 0 Å². The highest BCUT2D eigenvalue weighted by atomic mass is 16.3. The summed E-state index contributed by atoms with van der Waals surface area (Å²) >= 11 is 0. The van der Waals surface area contributed by atoms with Crippen molar-refractivity contribution in [3.05, 3.63) is 0 Å². The monoisotopic (exact) mass is 188 g/mol. The summed E-state index contributed by atoms with van der Waals surface area (Å²) in [4.78, 5) is 0. The van der Waals surface area contributed by atoms with Crippen molar-refractivity contribution in [1.29, 1.82) is 0 Å². The maximum atomic E-state index is 9.14. The average Bonchev–Trinajstić information content (AvgIpc) is 2.05. The first-order chi connectivity index (χ1) is 6.02. The summed E-state index contributed by atoms with van der Waals surface area (Å²) < 4.78 is 0. The molecule has 0 saturated heterocycles. The first-order valence-corrected chi connectivity index (χ1v) is 5.24. The van der Waals surface area contributed by atoms with Gasteiger partial charge in [-0.25, -0.2) is 0 Å². The summed E-state index contributed by atoms with van der Waals surface area (Å²) in [5.41, 5.74) is 0. The summed E-state index contributed by atoms with van der Waals surface area (Å²) in [5, 5.41) is 18.3. The lowest BCUT2D eigenvalue weighted by atomic mass is 9.82. The SMILES string of the molecule is CC(C)C(CO)CC(CO)C(C)C. The molecule has 2 atom stereocenters. The molecule has 0 amide bonds. The molecule has 0 heterocycles. The van der Waals surface area contributed by atoms with Crippen LogP contribution in [0.15, 0.2) is 0 Å². The van der Waals surface area contributed by atoms with Crippen LogP contribution in [0.1, 0.15) is 34.1 Å². The molecular formula is C11H24O2. The molecule has 0 radical (unpaired) electrons. The number of aliphatic hydroxyl groups is 2. The molecule has 0 spiro atoms. The molecule has 2 N–H and O–H groups in total. The van der Waals surface area contributed by atoms with E-state index in [0.717, 1.165) is 6.42 Å². The van der Waals surface area contributed by atoms with Gasteiger partial charge in [-0.1, -0.05) is 27.7 Å². The molecule has 0 saturated carbocycles. The number of hydrogen-bond donors (Lipinski definition) is 2. The van der Waals surface area contributed by atoms with Crippen LogP contribution in [-0.4, -0.2) is 23.4 Å². The van der Waals surface area contributed by atoms with E-state index >= 15 is 0 Å². The number of hydrogen-bond acceptors (Lipinski definition) is 2. The lowest BCUT2D eigenvalue weighted by Gasteiger charge is -2.25. The van der Waals surface area contributed by atoms with E-state index in [0.29, 0.717) is 23.7 Å². The Morgan fingerprint density at radius 1 is 0.769 bits per heavy atom. The van der Waals surface area contributed by atoms with Gasteiger partial charge in [-0.15, -0.1) is 0 Å².